The maximum absolute atomic E-state index is 12.7. The maximum Gasteiger partial charge on any atom is 0.336 e. The number of nitrogens with zero attached hydrogens (tertiary/aromatic N) is 1. The molecule has 1 aliphatic heterocycles. The lowest BCUT2D eigenvalue weighted by atomic mass is 10.1. The molecule has 2 amide bonds. The molecule has 150 valence electrons. The Morgan fingerprint density at radius 1 is 1.07 bits per heavy atom. The first kappa shape index (κ1) is 20.2. The summed E-state index contributed by atoms with van der Waals surface area (Å²) in [6.07, 6.45) is 1.50. The zero-order valence-electron chi connectivity index (χ0n) is 15.4. The van der Waals surface area contributed by atoms with Gasteiger partial charge in [0.1, 0.15) is 11.5 Å². The van der Waals surface area contributed by atoms with Gasteiger partial charge in [0, 0.05) is 16.1 Å². The number of carboxylic acid groups (broad SMARTS) is 1. The number of rotatable bonds is 5. The Kier molecular flexibility index (Phi) is 5.61. The first-order valence-electron chi connectivity index (χ1n) is 8.85. The third kappa shape index (κ3) is 3.96. The van der Waals surface area contributed by atoms with Crippen molar-refractivity contribution in [3.63, 3.8) is 0 Å². The van der Waals surface area contributed by atoms with E-state index in [1.807, 2.05) is 24.3 Å². The number of furan rings is 1. The van der Waals surface area contributed by atoms with Gasteiger partial charge in [-0.15, -0.1) is 0 Å². The van der Waals surface area contributed by atoms with Crippen LogP contribution < -0.4 is 0 Å². The van der Waals surface area contributed by atoms with Gasteiger partial charge in [-0.3, -0.25) is 14.5 Å². The minimum Gasteiger partial charge on any atom is -0.478 e. The Hall–Kier alpha value is -3.10. The van der Waals surface area contributed by atoms with Gasteiger partial charge in [0.15, 0.2) is 0 Å². The second-order valence-corrected chi connectivity index (χ2v) is 8.26. The molecule has 8 heteroatoms. The number of carbonyl (C=O) groups is 3. The van der Waals surface area contributed by atoms with Crippen LogP contribution in [0.25, 0.3) is 17.4 Å². The molecule has 0 saturated carbocycles. The summed E-state index contributed by atoms with van der Waals surface area (Å²) in [4.78, 5) is 38.0. The highest BCUT2D eigenvalue weighted by Crippen LogP contribution is 2.35. The number of halogens is 1. The lowest BCUT2D eigenvalue weighted by Gasteiger charge is -2.13. The van der Waals surface area contributed by atoms with Crippen LogP contribution in [0.4, 0.5) is 4.79 Å². The fraction of sp³-hybridized carbons (Fsp3) is 0.0455. The second-order valence-electron chi connectivity index (χ2n) is 6.41. The normalized spacial score (nSPS) is 15.2. The molecule has 0 spiro atoms. The number of hydrogen-bond acceptors (Lipinski definition) is 5. The van der Waals surface area contributed by atoms with Gasteiger partial charge in [0.2, 0.25) is 0 Å². The number of imide groups is 1. The van der Waals surface area contributed by atoms with E-state index in [9.17, 15) is 19.5 Å². The standard InChI is InChI=1S/C22H14BrNO5S/c23-17-8-4-1-5-13(17)12-24-20(25)19(30-22(24)28)11-14-9-10-18(29-14)15-6-2-3-7-16(15)21(26)27/h1-11H,12H2,(H,26,27)/b19-11-. The van der Waals surface area contributed by atoms with Crippen LogP contribution in [-0.4, -0.2) is 27.1 Å². The van der Waals surface area contributed by atoms with Crippen LogP contribution in [0.2, 0.25) is 0 Å². The first-order valence-corrected chi connectivity index (χ1v) is 10.5. The van der Waals surface area contributed by atoms with Crippen molar-refractivity contribution < 1.29 is 23.9 Å². The molecule has 3 aromatic rings. The van der Waals surface area contributed by atoms with Crippen molar-refractivity contribution in [2.24, 2.45) is 0 Å². The minimum absolute atomic E-state index is 0.118. The van der Waals surface area contributed by atoms with Crippen molar-refractivity contribution in [3.05, 3.63) is 86.9 Å². The molecule has 6 nitrogen and oxygen atoms in total. The fourth-order valence-electron chi connectivity index (χ4n) is 3.02. The molecule has 0 radical (unpaired) electrons. The van der Waals surface area contributed by atoms with Crippen LogP contribution in [0.5, 0.6) is 0 Å². The maximum atomic E-state index is 12.7. The van der Waals surface area contributed by atoms with Crippen molar-refractivity contribution >= 4 is 50.9 Å². The van der Waals surface area contributed by atoms with Crippen molar-refractivity contribution in [2.45, 2.75) is 6.54 Å². The van der Waals surface area contributed by atoms with Crippen molar-refractivity contribution in [3.8, 4) is 11.3 Å². The Bertz CT molecular complexity index is 1200. The highest BCUT2D eigenvalue weighted by atomic mass is 79.9. The predicted octanol–water partition coefficient (Wildman–Crippen LogP) is 5.64. The minimum atomic E-state index is -1.06. The molecular formula is C22H14BrNO5S. The molecule has 2 heterocycles. The molecule has 1 aromatic heterocycles. The van der Waals surface area contributed by atoms with E-state index in [1.54, 1.807) is 30.3 Å². The molecular weight excluding hydrogens is 470 g/mol. The smallest absolute Gasteiger partial charge is 0.336 e. The topological polar surface area (TPSA) is 87.8 Å². The Morgan fingerprint density at radius 3 is 2.57 bits per heavy atom. The van der Waals surface area contributed by atoms with Crippen LogP contribution in [0, 0.1) is 0 Å². The fourth-order valence-corrected chi connectivity index (χ4v) is 4.25. The largest absolute Gasteiger partial charge is 0.478 e. The van der Waals surface area contributed by atoms with Gasteiger partial charge in [-0.25, -0.2) is 4.79 Å². The van der Waals surface area contributed by atoms with Crippen molar-refractivity contribution in [2.75, 3.05) is 0 Å². The van der Waals surface area contributed by atoms with E-state index >= 15 is 0 Å². The Labute approximate surface area is 184 Å². The number of carboxylic acids is 1. The SMILES string of the molecule is O=C(O)c1ccccc1-c1ccc(/C=C2\SC(=O)N(Cc3ccccc3Br)C2=O)o1. The van der Waals surface area contributed by atoms with E-state index in [4.69, 9.17) is 4.42 Å². The predicted molar refractivity (Wildman–Crippen MR) is 117 cm³/mol. The third-order valence-electron chi connectivity index (χ3n) is 4.48. The van der Waals surface area contributed by atoms with Crippen LogP contribution in [-0.2, 0) is 11.3 Å². The van der Waals surface area contributed by atoms with E-state index in [2.05, 4.69) is 15.9 Å². The highest BCUT2D eigenvalue weighted by Gasteiger charge is 2.35. The third-order valence-corrected chi connectivity index (χ3v) is 6.16. The summed E-state index contributed by atoms with van der Waals surface area (Å²) in [5, 5.41) is 8.99. The summed E-state index contributed by atoms with van der Waals surface area (Å²) < 4.78 is 6.56. The van der Waals surface area contributed by atoms with Crippen LogP contribution in [0.15, 0.2) is 74.5 Å². The average Bonchev–Trinajstić information content (AvgIpc) is 3.30. The molecule has 4 rings (SSSR count). The first-order chi connectivity index (χ1) is 14.4. The second kappa shape index (κ2) is 8.33. The summed E-state index contributed by atoms with van der Waals surface area (Å²) in [6.45, 7) is 0.165. The average molecular weight is 484 g/mol. The summed E-state index contributed by atoms with van der Waals surface area (Å²) in [5.41, 5.74) is 1.38. The molecule has 2 aromatic carbocycles. The number of benzene rings is 2. The molecule has 1 fully saturated rings. The van der Waals surface area contributed by atoms with Gasteiger partial charge in [-0.2, -0.15) is 0 Å². The number of hydrogen-bond donors (Lipinski definition) is 1. The molecule has 1 aliphatic rings. The lowest BCUT2D eigenvalue weighted by molar-refractivity contribution is -0.123. The zero-order valence-corrected chi connectivity index (χ0v) is 17.8. The summed E-state index contributed by atoms with van der Waals surface area (Å²) in [7, 11) is 0. The number of amides is 2. The molecule has 30 heavy (non-hydrogen) atoms. The summed E-state index contributed by atoms with van der Waals surface area (Å²) in [5.74, 6) is -0.732. The highest BCUT2D eigenvalue weighted by molar-refractivity contribution is 9.10. The van der Waals surface area contributed by atoms with Crippen LogP contribution in [0.3, 0.4) is 0 Å². The van der Waals surface area contributed by atoms with Gasteiger partial charge in [0.25, 0.3) is 11.1 Å². The van der Waals surface area contributed by atoms with Gasteiger partial charge in [0.05, 0.1) is 17.0 Å². The van der Waals surface area contributed by atoms with E-state index in [-0.39, 0.29) is 22.3 Å². The van der Waals surface area contributed by atoms with Gasteiger partial charge in [-0.05, 0) is 41.6 Å². The molecule has 0 aliphatic carbocycles. The Morgan fingerprint density at radius 2 is 1.80 bits per heavy atom. The van der Waals surface area contributed by atoms with E-state index in [1.165, 1.54) is 17.0 Å². The zero-order chi connectivity index (χ0) is 21.3. The van der Waals surface area contributed by atoms with Crippen molar-refractivity contribution in [1.29, 1.82) is 0 Å². The van der Waals surface area contributed by atoms with E-state index in [0.717, 1.165) is 21.8 Å². The van der Waals surface area contributed by atoms with Crippen molar-refractivity contribution in [1.82, 2.24) is 4.90 Å². The number of carbonyl (C=O) groups excluding carboxylic acids is 2. The van der Waals surface area contributed by atoms with Gasteiger partial charge in [-0.1, -0.05) is 52.3 Å². The monoisotopic (exact) mass is 483 g/mol. The summed E-state index contributed by atoms with van der Waals surface area (Å²) >= 11 is 4.27. The van der Waals surface area contributed by atoms with Gasteiger partial charge < -0.3 is 9.52 Å². The number of thioether (sulfide) groups is 1. The van der Waals surface area contributed by atoms with Gasteiger partial charge >= 0.3 is 5.97 Å². The Balaban J connectivity index is 1.58. The molecule has 0 bridgehead atoms. The quantitative estimate of drug-likeness (QED) is 0.472. The molecule has 1 N–H and O–H groups in total. The molecule has 1 saturated heterocycles. The molecule has 0 unspecified atom stereocenters. The number of aromatic carboxylic acids is 1. The van der Waals surface area contributed by atoms with Crippen LogP contribution >= 0.6 is 27.7 Å². The van der Waals surface area contributed by atoms with E-state index in [0.29, 0.717) is 17.1 Å². The lowest BCUT2D eigenvalue weighted by Crippen LogP contribution is -2.27. The molecule has 0 atom stereocenters. The summed E-state index contributed by atoms with van der Waals surface area (Å²) in [6, 6.07) is 17.2. The van der Waals surface area contributed by atoms with E-state index < -0.39 is 11.9 Å². The van der Waals surface area contributed by atoms with Crippen LogP contribution in [0.1, 0.15) is 21.7 Å².